The Kier molecular flexibility index (Phi) is 3.18. The molecule has 0 atom stereocenters. The monoisotopic (exact) mass is 325 g/mol. The van der Waals surface area contributed by atoms with Crippen LogP contribution in [0.4, 0.5) is 17.1 Å². The average molecular weight is 325 g/mol. The third kappa shape index (κ3) is 2.27. The number of hydrogen-bond acceptors (Lipinski definition) is 5. The van der Waals surface area contributed by atoms with Gasteiger partial charge in [-0.25, -0.2) is 0 Å². The van der Waals surface area contributed by atoms with E-state index in [1.165, 1.54) is 5.56 Å². The summed E-state index contributed by atoms with van der Waals surface area (Å²) in [7, 11) is 0. The summed E-state index contributed by atoms with van der Waals surface area (Å²) in [5.74, 6) is 1.49. The standard InChI is InChI=1S/C19H21N2O3/c1-12-7-15(18-16(8-12)21(22)11-24-18)20-10-23-17-6-5-13(9-14(17)20)19(2,3)4/h5-9H,10-11H2,1-4H3/q-1. The van der Waals surface area contributed by atoms with E-state index in [9.17, 15) is 5.21 Å². The smallest absolute Gasteiger partial charge is 0.168 e. The predicted octanol–water partition coefficient (Wildman–Crippen LogP) is 4.43. The summed E-state index contributed by atoms with van der Waals surface area (Å²) in [4.78, 5) is 2.08. The Balaban J connectivity index is 1.84. The second kappa shape index (κ2) is 5.05. The molecule has 0 aromatic heterocycles. The van der Waals surface area contributed by atoms with Crippen LogP contribution in [0.1, 0.15) is 31.9 Å². The average Bonchev–Trinajstić information content (AvgIpc) is 3.09. The second-order valence-corrected chi connectivity index (χ2v) is 7.42. The molecule has 0 radical (unpaired) electrons. The number of hydrogen-bond donors (Lipinski definition) is 0. The van der Waals surface area contributed by atoms with E-state index in [0.717, 1.165) is 27.8 Å². The Labute approximate surface area is 142 Å². The zero-order valence-corrected chi connectivity index (χ0v) is 14.4. The molecule has 4 rings (SSSR count). The highest BCUT2D eigenvalue weighted by molar-refractivity contribution is 5.83. The van der Waals surface area contributed by atoms with E-state index in [2.05, 4.69) is 37.8 Å². The number of anilines is 3. The zero-order chi connectivity index (χ0) is 17.1. The first kappa shape index (κ1) is 15.1. The van der Waals surface area contributed by atoms with Crippen molar-refractivity contribution in [2.24, 2.45) is 0 Å². The lowest BCUT2D eigenvalue weighted by Gasteiger charge is -2.24. The summed E-state index contributed by atoms with van der Waals surface area (Å²) in [6.07, 6.45) is 0. The van der Waals surface area contributed by atoms with Gasteiger partial charge in [-0.3, -0.25) is 0 Å². The number of ether oxygens (including phenoxy) is 2. The van der Waals surface area contributed by atoms with Crippen molar-refractivity contribution < 1.29 is 9.47 Å². The molecule has 0 amide bonds. The minimum absolute atomic E-state index is 0.0371. The Morgan fingerprint density at radius 2 is 1.71 bits per heavy atom. The Hall–Kier alpha value is -2.40. The molecular formula is C19H21N2O3-. The fraction of sp³-hybridized carbons (Fsp3) is 0.368. The van der Waals surface area contributed by atoms with Crippen LogP contribution in [0.3, 0.4) is 0 Å². The number of benzene rings is 2. The van der Waals surface area contributed by atoms with Crippen molar-refractivity contribution in [1.29, 1.82) is 0 Å². The molecule has 126 valence electrons. The van der Waals surface area contributed by atoms with Gasteiger partial charge in [-0.2, -0.15) is 0 Å². The van der Waals surface area contributed by atoms with Crippen LogP contribution in [0.2, 0.25) is 0 Å². The number of aryl methyl sites for hydroxylation is 1. The summed E-state index contributed by atoms with van der Waals surface area (Å²) in [5.41, 5.74) is 4.81. The zero-order valence-electron chi connectivity index (χ0n) is 14.4. The molecule has 0 N–H and O–H groups in total. The lowest BCUT2D eigenvalue weighted by molar-refractivity contribution is 0.346. The van der Waals surface area contributed by atoms with Crippen LogP contribution in [0.25, 0.3) is 0 Å². The van der Waals surface area contributed by atoms with Crippen LogP contribution in [0.5, 0.6) is 11.5 Å². The molecule has 0 aliphatic carbocycles. The first-order valence-electron chi connectivity index (χ1n) is 8.11. The van der Waals surface area contributed by atoms with Gasteiger partial charge in [0.25, 0.3) is 0 Å². The highest BCUT2D eigenvalue weighted by Gasteiger charge is 2.29. The van der Waals surface area contributed by atoms with E-state index >= 15 is 0 Å². The fourth-order valence-electron chi connectivity index (χ4n) is 3.18. The molecule has 2 aliphatic heterocycles. The topological polar surface area (TPSA) is 48.0 Å². The van der Waals surface area contributed by atoms with Gasteiger partial charge in [-0.15, -0.1) is 0 Å². The van der Waals surface area contributed by atoms with Crippen molar-refractivity contribution in [3.05, 3.63) is 46.7 Å². The lowest BCUT2D eigenvalue weighted by atomic mass is 9.86. The van der Waals surface area contributed by atoms with Gasteiger partial charge >= 0.3 is 0 Å². The molecule has 5 nitrogen and oxygen atoms in total. The van der Waals surface area contributed by atoms with Gasteiger partial charge in [0, 0.05) is 0 Å². The maximum absolute atomic E-state index is 12.0. The van der Waals surface area contributed by atoms with Gasteiger partial charge in [0.05, 0.1) is 17.1 Å². The summed E-state index contributed by atoms with van der Waals surface area (Å²) in [6, 6.07) is 10.2. The van der Waals surface area contributed by atoms with Gasteiger partial charge in [0.1, 0.15) is 5.75 Å². The molecular weight excluding hydrogens is 304 g/mol. The highest BCUT2D eigenvalue weighted by atomic mass is 16.6. The van der Waals surface area contributed by atoms with Crippen LogP contribution in [0, 0.1) is 12.1 Å². The molecule has 2 heterocycles. The van der Waals surface area contributed by atoms with Gasteiger partial charge < -0.3 is 24.6 Å². The summed E-state index contributed by atoms with van der Waals surface area (Å²) < 4.78 is 11.5. The highest BCUT2D eigenvalue weighted by Crippen LogP contribution is 2.49. The van der Waals surface area contributed by atoms with Gasteiger partial charge in [0.15, 0.2) is 19.2 Å². The molecule has 0 spiro atoms. The van der Waals surface area contributed by atoms with Crippen LogP contribution < -0.4 is 19.4 Å². The Morgan fingerprint density at radius 3 is 2.46 bits per heavy atom. The summed E-state index contributed by atoms with van der Waals surface area (Å²) in [5, 5.41) is 12.8. The molecule has 0 saturated heterocycles. The fourth-order valence-corrected chi connectivity index (χ4v) is 3.18. The van der Waals surface area contributed by atoms with Crippen molar-refractivity contribution in [3.63, 3.8) is 0 Å². The van der Waals surface area contributed by atoms with Crippen LogP contribution >= 0.6 is 0 Å². The van der Waals surface area contributed by atoms with Crippen molar-refractivity contribution >= 4 is 17.1 Å². The van der Waals surface area contributed by atoms with Crippen LogP contribution in [-0.2, 0) is 5.41 Å². The minimum atomic E-state index is 0.0371. The largest absolute Gasteiger partial charge is 0.756 e. The minimum Gasteiger partial charge on any atom is -0.756 e. The van der Waals surface area contributed by atoms with E-state index in [1.807, 2.05) is 25.1 Å². The summed E-state index contributed by atoms with van der Waals surface area (Å²) in [6.45, 7) is 9.02. The molecule has 2 aliphatic rings. The molecule has 2 aromatic rings. The van der Waals surface area contributed by atoms with Crippen molar-refractivity contribution in [2.75, 3.05) is 23.4 Å². The van der Waals surface area contributed by atoms with E-state index in [-0.39, 0.29) is 12.1 Å². The molecule has 0 unspecified atom stereocenters. The third-order valence-electron chi connectivity index (χ3n) is 4.54. The van der Waals surface area contributed by atoms with Crippen molar-refractivity contribution in [3.8, 4) is 11.5 Å². The first-order chi connectivity index (χ1) is 11.3. The molecule has 0 fully saturated rings. The number of nitrogens with zero attached hydrogens (tertiary/aromatic N) is 2. The van der Waals surface area contributed by atoms with E-state index in [0.29, 0.717) is 18.2 Å². The maximum Gasteiger partial charge on any atom is 0.168 e. The van der Waals surface area contributed by atoms with E-state index < -0.39 is 0 Å². The number of fused-ring (bicyclic) bond motifs is 2. The molecule has 2 aromatic carbocycles. The Bertz CT molecular complexity index is 811. The lowest BCUT2D eigenvalue weighted by Crippen LogP contribution is -2.17. The van der Waals surface area contributed by atoms with Crippen LogP contribution in [-0.4, -0.2) is 13.5 Å². The van der Waals surface area contributed by atoms with Gasteiger partial charge in [0.2, 0.25) is 0 Å². The third-order valence-corrected chi connectivity index (χ3v) is 4.54. The summed E-state index contributed by atoms with van der Waals surface area (Å²) >= 11 is 0. The van der Waals surface area contributed by atoms with E-state index in [1.54, 1.807) is 0 Å². The van der Waals surface area contributed by atoms with Crippen LogP contribution in [0.15, 0.2) is 30.3 Å². The maximum atomic E-state index is 12.0. The first-order valence-corrected chi connectivity index (χ1v) is 8.11. The normalized spacial score (nSPS) is 15.9. The molecule has 0 bridgehead atoms. The van der Waals surface area contributed by atoms with Crippen molar-refractivity contribution in [2.45, 2.75) is 33.1 Å². The second-order valence-electron chi connectivity index (χ2n) is 7.42. The predicted molar refractivity (Wildman–Crippen MR) is 95.3 cm³/mol. The van der Waals surface area contributed by atoms with E-state index in [4.69, 9.17) is 9.47 Å². The molecule has 0 saturated carbocycles. The quantitative estimate of drug-likeness (QED) is 0.776. The SMILES string of the molecule is Cc1cc2c(c(N3COc4ccc(C(C)(C)C)cc43)c1)OCN2[O-]. The molecule has 5 heteroatoms. The van der Waals surface area contributed by atoms with Gasteiger partial charge in [-0.1, -0.05) is 26.8 Å². The van der Waals surface area contributed by atoms with Gasteiger partial charge in [-0.05, 0) is 47.7 Å². The number of hydroxylamine groups is 1. The number of rotatable bonds is 1. The van der Waals surface area contributed by atoms with Crippen molar-refractivity contribution in [1.82, 2.24) is 0 Å². The molecule has 24 heavy (non-hydrogen) atoms. The Morgan fingerprint density at radius 1 is 0.958 bits per heavy atom.